The van der Waals surface area contributed by atoms with Crippen LogP contribution < -0.4 is 15.2 Å². The maximum absolute atomic E-state index is 5.84. The third-order valence-electron chi connectivity index (χ3n) is 3.39. The van der Waals surface area contributed by atoms with Crippen molar-refractivity contribution in [2.24, 2.45) is 5.73 Å². The first kappa shape index (κ1) is 11.3. The standard InChI is InChI=1S/C13H19NO2/c1-15-11-6-7-12(16-2)13-9(8-14)4-3-5-10(11)13/h6-7,9H,3-5,8,14H2,1-2H3. The second kappa shape index (κ2) is 4.74. The molecule has 0 fully saturated rings. The van der Waals surface area contributed by atoms with Gasteiger partial charge < -0.3 is 15.2 Å². The van der Waals surface area contributed by atoms with E-state index < -0.39 is 0 Å². The fourth-order valence-electron chi connectivity index (χ4n) is 2.60. The smallest absolute Gasteiger partial charge is 0.122 e. The number of methoxy groups -OCH3 is 2. The fraction of sp³-hybridized carbons (Fsp3) is 0.538. The molecule has 0 aliphatic heterocycles. The van der Waals surface area contributed by atoms with Gasteiger partial charge in [-0.3, -0.25) is 0 Å². The van der Waals surface area contributed by atoms with Gasteiger partial charge >= 0.3 is 0 Å². The summed E-state index contributed by atoms with van der Waals surface area (Å²) in [5.74, 6) is 2.33. The predicted molar refractivity (Wildman–Crippen MR) is 64.3 cm³/mol. The lowest BCUT2D eigenvalue weighted by atomic mass is 9.82. The van der Waals surface area contributed by atoms with Crippen LogP contribution in [0.25, 0.3) is 0 Å². The highest BCUT2D eigenvalue weighted by atomic mass is 16.5. The summed E-state index contributed by atoms with van der Waals surface area (Å²) in [6.07, 6.45) is 3.39. The van der Waals surface area contributed by atoms with E-state index in [-0.39, 0.29) is 0 Å². The molecule has 1 aromatic rings. The molecule has 1 aromatic carbocycles. The molecule has 0 amide bonds. The number of nitrogens with two attached hydrogens (primary N) is 1. The topological polar surface area (TPSA) is 44.5 Å². The van der Waals surface area contributed by atoms with Crippen LogP contribution in [0.2, 0.25) is 0 Å². The Hall–Kier alpha value is -1.22. The summed E-state index contributed by atoms with van der Waals surface area (Å²) in [5.41, 5.74) is 8.38. The van der Waals surface area contributed by atoms with Gasteiger partial charge in [-0.1, -0.05) is 0 Å². The molecule has 16 heavy (non-hydrogen) atoms. The van der Waals surface area contributed by atoms with Gasteiger partial charge in [-0.05, 0) is 37.9 Å². The molecule has 88 valence electrons. The summed E-state index contributed by atoms with van der Waals surface area (Å²) < 4.78 is 10.8. The monoisotopic (exact) mass is 221 g/mol. The first-order chi connectivity index (χ1) is 7.81. The highest BCUT2D eigenvalue weighted by molar-refractivity contribution is 5.52. The lowest BCUT2D eigenvalue weighted by molar-refractivity contribution is 0.381. The predicted octanol–water partition coefficient (Wildman–Crippen LogP) is 2.08. The van der Waals surface area contributed by atoms with Crippen molar-refractivity contribution in [3.8, 4) is 11.5 Å². The van der Waals surface area contributed by atoms with E-state index in [9.17, 15) is 0 Å². The zero-order valence-corrected chi connectivity index (χ0v) is 9.95. The number of benzene rings is 1. The molecule has 1 unspecified atom stereocenters. The molecule has 1 aliphatic carbocycles. The SMILES string of the molecule is COc1ccc(OC)c2c1CCCC2CN. The Morgan fingerprint density at radius 1 is 1.25 bits per heavy atom. The quantitative estimate of drug-likeness (QED) is 0.850. The van der Waals surface area contributed by atoms with Crippen molar-refractivity contribution in [2.45, 2.75) is 25.2 Å². The zero-order chi connectivity index (χ0) is 11.5. The van der Waals surface area contributed by atoms with E-state index in [2.05, 4.69) is 0 Å². The lowest BCUT2D eigenvalue weighted by Gasteiger charge is -2.27. The average molecular weight is 221 g/mol. The van der Waals surface area contributed by atoms with E-state index in [1.165, 1.54) is 17.5 Å². The Morgan fingerprint density at radius 3 is 2.56 bits per heavy atom. The molecule has 1 aliphatic rings. The number of rotatable bonds is 3. The van der Waals surface area contributed by atoms with Crippen LogP contribution in [0.4, 0.5) is 0 Å². The Bertz CT molecular complexity index is 376. The van der Waals surface area contributed by atoms with Crippen molar-refractivity contribution >= 4 is 0 Å². The van der Waals surface area contributed by atoms with Crippen molar-refractivity contribution in [2.75, 3.05) is 20.8 Å². The first-order valence-corrected chi connectivity index (χ1v) is 5.75. The summed E-state index contributed by atoms with van der Waals surface area (Å²) in [7, 11) is 3.43. The summed E-state index contributed by atoms with van der Waals surface area (Å²) in [6.45, 7) is 0.677. The Kier molecular flexibility index (Phi) is 3.34. The Labute approximate surface area is 96.5 Å². The van der Waals surface area contributed by atoms with Gasteiger partial charge in [0.05, 0.1) is 14.2 Å². The molecule has 0 aromatic heterocycles. The van der Waals surface area contributed by atoms with Crippen LogP contribution in [-0.4, -0.2) is 20.8 Å². The van der Waals surface area contributed by atoms with E-state index in [1.54, 1.807) is 14.2 Å². The molecule has 0 saturated carbocycles. The van der Waals surface area contributed by atoms with Crippen LogP contribution in [0.5, 0.6) is 11.5 Å². The molecular weight excluding hydrogens is 202 g/mol. The van der Waals surface area contributed by atoms with E-state index in [0.29, 0.717) is 12.5 Å². The maximum Gasteiger partial charge on any atom is 0.122 e. The number of ether oxygens (including phenoxy) is 2. The van der Waals surface area contributed by atoms with E-state index >= 15 is 0 Å². The molecular formula is C13H19NO2. The normalized spacial score (nSPS) is 19.1. The molecule has 0 heterocycles. The van der Waals surface area contributed by atoms with Crippen molar-refractivity contribution in [1.82, 2.24) is 0 Å². The Balaban J connectivity index is 2.54. The van der Waals surface area contributed by atoms with Crippen molar-refractivity contribution in [1.29, 1.82) is 0 Å². The fourth-order valence-corrected chi connectivity index (χ4v) is 2.60. The minimum atomic E-state index is 0.411. The van der Waals surface area contributed by atoms with Crippen molar-refractivity contribution in [3.05, 3.63) is 23.3 Å². The third kappa shape index (κ3) is 1.76. The third-order valence-corrected chi connectivity index (χ3v) is 3.39. The van der Waals surface area contributed by atoms with Crippen LogP contribution in [0, 0.1) is 0 Å². The van der Waals surface area contributed by atoms with Crippen LogP contribution in [0.3, 0.4) is 0 Å². The van der Waals surface area contributed by atoms with Gasteiger partial charge in [0, 0.05) is 17.0 Å². The molecule has 2 N–H and O–H groups in total. The van der Waals surface area contributed by atoms with E-state index in [0.717, 1.165) is 24.3 Å². The van der Waals surface area contributed by atoms with Gasteiger partial charge in [0.1, 0.15) is 11.5 Å². The lowest BCUT2D eigenvalue weighted by Crippen LogP contribution is -2.19. The van der Waals surface area contributed by atoms with Gasteiger partial charge in [-0.2, -0.15) is 0 Å². The Morgan fingerprint density at radius 2 is 1.94 bits per heavy atom. The van der Waals surface area contributed by atoms with Crippen LogP contribution in [0.15, 0.2) is 12.1 Å². The van der Waals surface area contributed by atoms with Gasteiger partial charge in [-0.25, -0.2) is 0 Å². The summed E-state index contributed by atoms with van der Waals surface area (Å²) in [4.78, 5) is 0. The summed E-state index contributed by atoms with van der Waals surface area (Å²) in [5, 5.41) is 0. The first-order valence-electron chi connectivity index (χ1n) is 5.75. The molecule has 3 heteroatoms. The van der Waals surface area contributed by atoms with Gasteiger partial charge in [0.15, 0.2) is 0 Å². The number of hydrogen-bond donors (Lipinski definition) is 1. The largest absolute Gasteiger partial charge is 0.496 e. The van der Waals surface area contributed by atoms with Gasteiger partial charge in [-0.15, -0.1) is 0 Å². The van der Waals surface area contributed by atoms with Gasteiger partial charge in [0.25, 0.3) is 0 Å². The molecule has 2 rings (SSSR count). The highest BCUT2D eigenvalue weighted by Gasteiger charge is 2.25. The van der Waals surface area contributed by atoms with Crippen molar-refractivity contribution < 1.29 is 9.47 Å². The van der Waals surface area contributed by atoms with E-state index in [1.807, 2.05) is 12.1 Å². The molecule has 0 spiro atoms. The second-order valence-electron chi connectivity index (χ2n) is 4.19. The number of hydrogen-bond acceptors (Lipinski definition) is 3. The molecule has 0 radical (unpaired) electrons. The molecule has 0 saturated heterocycles. The average Bonchev–Trinajstić information content (AvgIpc) is 2.36. The maximum atomic E-state index is 5.84. The molecule has 0 bridgehead atoms. The van der Waals surface area contributed by atoms with Gasteiger partial charge in [0.2, 0.25) is 0 Å². The van der Waals surface area contributed by atoms with Crippen molar-refractivity contribution in [3.63, 3.8) is 0 Å². The van der Waals surface area contributed by atoms with Crippen LogP contribution >= 0.6 is 0 Å². The highest BCUT2D eigenvalue weighted by Crippen LogP contribution is 2.41. The zero-order valence-electron chi connectivity index (χ0n) is 9.95. The van der Waals surface area contributed by atoms with E-state index in [4.69, 9.17) is 15.2 Å². The summed E-state index contributed by atoms with van der Waals surface area (Å²) >= 11 is 0. The molecule has 3 nitrogen and oxygen atoms in total. The minimum Gasteiger partial charge on any atom is -0.496 e. The van der Waals surface area contributed by atoms with Crippen LogP contribution in [0.1, 0.15) is 29.9 Å². The minimum absolute atomic E-state index is 0.411. The van der Waals surface area contributed by atoms with Crippen LogP contribution in [-0.2, 0) is 6.42 Å². The molecule has 1 atom stereocenters. The second-order valence-corrected chi connectivity index (χ2v) is 4.19. The number of fused-ring (bicyclic) bond motifs is 1. The summed E-state index contributed by atoms with van der Waals surface area (Å²) in [6, 6.07) is 3.96.